The maximum Gasteiger partial charge on any atom is 0.416 e. The number of nitrogens with one attached hydrogen (secondary N) is 1. The van der Waals surface area contributed by atoms with E-state index in [4.69, 9.17) is 4.74 Å². The van der Waals surface area contributed by atoms with Gasteiger partial charge in [0.05, 0.1) is 23.6 Å². The highest BCUT2D eigenvalue weighted by atomic mass is 19.4. The van der Waals surface area contributed by atoms with Gasteiger partial charge in [0.2, 0.25) is 5.88 Å². The van der Waals surface area contributed by atoms with Crippen LogP contribution in [-0.4, -0.2) is 68.2 Å². The van der Waals surface area contributed by atoms with Gasteiger partial charge in [-0.25, -0.2) is 19.9 Å². The molecule has 5 rings (SSSR count). The van der Waals surface area contributed by atoms with Gasteiger partial charge in [-0.15, -0.1) is 0 Å². The lowest BCUT2D eigenvalue weighted by molar-refractivity contribution is -0.138. The van der Waals surface area contributed by atoms with E-state index in [9.17, 15) is 18.0 Å². The third-order valence-corrected chi connectivity index (χ3v) is 7.35. The molecule has 1 fully saturated rings. The number of likely N-dealkylation sites (N-methyl/N-ethyl adjacent to an activating group) is 1. The van der Waals surface area contributed by atoms with Gasteiger partial charge in [0, 0.05) is 50.8 Å². The van der Waals surface area contributed by atoms with E-state index in [0.29, 0.717) is 28.4 Å². The van der Waals surface area contributed by atoms with Crippen molar-refractivity contribution in [3.63, 3.8) is 0 Å². The van der Waals surface area contributed by atoms with Gasteiger partial charge in [-0.3, -0.25) is 9.69 Å². The molecule has 0 atom stereocenters. The number of hydrogen-bond acceptors (Lipinski definition) is 9. The molecule has 2 aromatic heterocycles. The number of nitrogens with zero attached hydrogens (tertiary/aromatic N) is 6. The Hall–Kier alpha value is -4.42. The van der Waals surface area contributed by atoms with Crippen molar-refractivity contribution in [3.8, 4) is 11.6 Å². The normalized spacial score (nSPS) is 14.4. The first-order valence-corrected chi connectivity index (χ1v) is 14.0. The van der Waals surface area contributed by atoms with Gasteiger partial charge in [0.25, 0.3) is 0 Å². The molecule has 0 aliphatic carbocycles. The number of carbonyl (C=O) groups is 1. The van der Waals surface area contributed by atoms with Crippen molar-refractivity contribution in [1.82, 2.24) is 29.7 Å². The molecule has 0 spiro atoms. The lowest BCUT2D eigenvalue weighted by Crippen LogP contribution is -2.45. The second-order valence-corrected chi connectivity index (χ2v) is 10.4. The number of ether oxygens (including phenoxy) is 1. The number of aryl methyl sites for hydroxylation is 1. The first kappa shape index (κ1) is 30.1. The number of piperazine rings is 1. The van der Waals surface area contributed by atoms with E-state index >= 15 is 0 Å². The molecule has 43 heavy (non-hydrogen) atoms. The molecular formula is C31H32F3N7O2. The van der Waals surface area contributed by atoms with Crippen LogP contribution in [0.25, 0.3) is 0 Å². The summed E-state index contributed by atoms with van der Waals surface area (Å²) in [6, 6.07) is 10.8. The number of rotatable bonds is 10. The van der Waals surface area contributed by atoms with E-state index < -0.39 is 11.7 Å². The molecule has 3 heterocycles. The summed E-state index contributed by atoms with van der Waals surface area (Å²) >= 11 is 0. The van der Waals surface area contributed by atoms with Crippen LogP contribution in [0.1, 0.15) is 39.5 Å². The molecule has 0 unspecified atom stereocenters. The smallest absolute Gasteiger partial charge is 0.416 e. The second-order valence-electron chi connectivity index (χ2n) is 10.4. The Balaban J connectivity index is 1.29. The fourth-order valence-corrected chi connectivity index (χ4v) is 4.90. The summed E-state index contributed by atoms with van der Waals surface area (Å²) in [5.74, 6) is 0.768. The molecule has 1 aliphatic heterocycles. The van der Waals surface area contributed by atoms with E-state index in [1.54, 1.807) is 42.7 Å². The van der Waals surface area contributed by atoms with E-state index in [-0.39, 0.29) is 30.2 Å². The summed E-state index contributed by atoms with van der Waals surface area (Å²) < 4.78 is 48.2. The van der Waals surface area contributed by atoms with Crippen LogP contribution in [0.3, 0.4) is 0 Å². The fraction of sp³-hybridized carbons (Fsp3) is 0.323. The number of carbonyl (C=O) groups excluding carboxylic acids is 1. The summed E-state index contributed by atoms with van der Waals surface area (Å²) in [5, 5.41) is 3.05. The molecule has 1 aliphatic rings. The van der Waals surface area contributed by atoms with Gasteiger partial charge in [-0.05, 0) is 42.3 Å². The number of hydrogen-bond donors (Lipinski definition) is 1. The largest absolute Gasteiger partial charge is 0.439 e. The van der Waals surface area contributed by atoms with Gasteiger partial charge in [-0.2, -0.15) is 13.2 Å². The van der Waals surface area contributed by atoms with Crippen molar-refractivity contribution in [2.24, 2.45) is 0 Å². The van der Waals surface area contributed by atoms with Gasteiger partial charge in [-0.1, -0.05) is 31.2 Å². The SMILES string of the molecule is CCN1CCN(Cc2ccc(CC(=O)c3ccc(C)c(Oc4cc(Nc5cncnc5)ncn4)c3)cc2C(F)(F)F)CC1. The number of alkyl halides is 3. The number of halogens is 3. The average molecular weight is 592 g/mol. The first-order valence-electron chi connectivity index (χ1n) is 14.0. The van der Waals surface area contributed by atoms with Crippen LogP contribution in [0, 0.1) is 6.92 Å². The molecule has 1 saturated heterocycles. The minimum Gasteiger partial charge on any atom is -0.439 e. The molecular weight excluding hydrogens is 559 g/mol. The third-order valence-electron chi connectivity index (χ3n) is 7.35. The Morgan fingerprint density at radius 3 is 2.42 bits per heavy atom. The van der Waals surface area contributed by atoms with Crippen molar-refractivity contribution in [3.05, 3.63) is 95.3 Å². The predicted molar refractivity (Wildman–Crippen MR) is 155 cm³/mol. The van der Waals surface area contributed by atoms with Crippen LogP contribution in [0.2, 0.25) is 0 Å². The van der Waals surface area contributed by atoms with E-state index in [2.05, 4.69) is 37.1 Å². The summed E-state index contributed by atoms with van der Waals surface area (Å²) in [4.78, 5) is 33.7. The van der Waals surface area contributed by atoms with Crippen molar-refractivity contribution in [2.45, 2.75) is 33.0 Å². The van der Waals surface area contributed by atoms with Gasteiger partial charge >= 0.3 is 6.18 Å². The molecule has 224 valence electrons. The lowest BCUT2D eigenvalue weighted by atomic mass is 9.97. The van der Waals surface area contributed by atoms with Gasteiger partial charge in [0.15, 0.2) is 5.78 Å². The number of Topliss-reactive ketones (excluding diaryl/α,β-unsaturated/α-hetero) is 1. The molecule has 12 heteroatoms. The minimum absolute atomic E-state index is 0.179. The molecule has 0 amide bonds. The zero-order valence-electron chi connectivity index (χ0n) is 23.9. The lowest BCUT2D eigenvalue weighted by Gasteiger charge is -2.34. The van der Waals surface area contributed by atoms with E-state index in [0.717, 1.165) is 44.4 Å². The minimum atomic E-state index is -4.52. The van der Waals surface area contributed by atoms with Crippen LogP contribution in [0.15, 0.2) is 67.5 Å². The van der Waals surface area contributed by atoms with E-state index in [1.165, 1.54) is 18.7 Å². The zero-order chi connectivity index (χ0) is 30.4. The number of benzene rings is 2. The summed E-state index contributed by atoms with van der Waals surface area (Å²) in [6.07, 6.45) is 1.23. The quantitative estimate of drug-likeness (QED) is 0.233. The van der Waals surface area contributed by atoms with Crippen molar-refractivity contribution >= 4 is 17.3 Å². The van der Waals surface area contributed by atoms with Gasteiger partial charge in [0.1, 0.15) is 24.2 Å². The van der Waals surface area contributed by atoms with Crippen LogP contribution >= 0.6 is 0 Å². The number of anilines is 2. The maximum atomic E-state index is 14.1. The zero-order valence-corrected chi connectivity index (χ0v) is 23.9. The number of ketones is 1. The van der Waals surface area contributed by atoms with Gasteiger partial charge < -0.3 is 15.0 Å². The van der Waals surface area contributed by atoms with E-state index in [1.807, 2.05) is 11.8 Å². The van der Waals surface area contributed by atoms with Crippen molar-refractivity contribution in [1.29, 1.82) is 0 Å². The van der Waals surface area contributed by atoms with Crippen LogP contribution in [-0.2, 0) is 19.1 Å². The Morgan fingerprint density at radius 1 is 0.953 bits per heavy atom. The molecule has 2 aromatic carbocycles. The molecule has 0 radical (unpaired) electrons. The summed E-state index contributed by atoms with van der Waals surface area (Å²) in [5.41, 5.74) is 1.53. The molecule has 9 nitrogen and oxygen atoms in total. The van der Waals surface area contributed by atoms with Crippen LogP contribution in [0.5, 0.6) is 11.6 Å². The molecule has 0 saturated carbocycles. The van der Waals surface area contributed by atoms with Crippen LogP contribution in [0.4, 0.5) is 24.7 Å². The van der Waals surface area contributed by atoms with Crippen molar-refractivity contribution < 1.29 is 22.7 Å². The monoisotopic (exact) mass is 591 g/mol. The summed E-state index contributed by atoms with van der Waals surface area (Å²) in [7, 11) is 0. The first-order chi connectivity index (χ1) is 20.7. The highest BCUT2D eigenvalue weighted by Crippen LogP contribution is 2.34. The second kappa shape index (κ2) is 13.3. The Kier molecular flexibility index (Phi) is 9.27. The Bertz CT molecular complexity index is 1560. The highest BCUT2D eigenvalue weighted by molar-refractivity contribution is 5.98. The highest BCUT2D eigenvalue weighted by Gasteiger charge is 2.34. The molecule has 4 aromatic rings. The Morgan fingerprint density at radius 2 is 1.70 bits per heavy atom. The summed E-state index contributed by atoms with van der Waals surface area (Å²) in [6.45, 7) is 8.17. The third kappa shape index (κ3) is 7.90. The molecule has 0 bridgehead atoms. The molecule has 1 N–H and O–H groups in total. The van der Waals surface area contributed by atoms with Crippen LogP contribution < -0.4 is 10.1 Å². The Labute approximate surface area is 247 Å². The average Bonchev–Trinajstić information content (AvgIpc) is 2.99. The fourth-order valence-electron chi connectivity index (χ4n) is 4.90. The van der Waals surface area contributed by atoms with Crippen molar-refractivity contribution in [2.75, 3.05) is 38.0 Å². The standard InChI is InChI=1S/C31H32F3N7O2/c1-3-40-8-10-41(11-9-40)18-24-7-5-22(12-26(24)31(32,33)34)13-27(42)23-6-4-21(2)28(14-23)43-30-15-29(37-20-38-30)39-25-16-35-19-36-17-25/h4-7,12,14-17,19-20H,3,8-11,13,18H2,1-2H3,(H,37,38,39). The topological polar surface area (TPSA) is 96.4 Å². The number of aromatic nitrogens is 4. The maximum absolute atomic E-state index is 14.1. The predicted octanol–water partition coefficient (Wildman–Crippen LogP) is 5.69.